The monoisotopic (exact) mass is 400 g/mol. The van der Waals surface area contributed by atoms with E-state index in [0.717, 1.165) is 40.2 Å². The molecule has 0 aliphatic heterocycles. The molecule has 0 amide bonds. The molecule has 0 atom stereocenters. The number of aromatic amines is 1. The number of likely N-dealkylation sites (N-methyl/N-ethyl adjacent to an activating group) is 1. The average Bonchev–Trinajstić information content (AvgIpc) is 2.66. The van der Waals surface area contributed by atoms with Crippen molar-refractivity contribution >= 4 is 28.2 Å². The fraction of sp³-hybridized carbons (Fsp3) is 0.545. The Morgan fingerprint density at radius 1 is 1.18 bits per heavy atom. The smallest absolute Gasteiger partial charge is 0.253 e. The zero-order valence-corrected chi connectivity index (χ0v) is 18.1. The lowest BCUT2D eigenvalue weighted by Gasteiger charge is -2.31. The van der Waals surface area contributed by atoms with Crippen molar-refractivity contribution in [1.82, 2.24) is 20.1 Å². The Hall–Kier alpha value is -1.92. The van der Waals surface area contributed by atoms with Crippen molar-refractivity contribution in [3.63, 3.8) is 0 Å². The zero-order chi connectivity index (χ0) is 20.1. The SMILES string of the molecule is Cc1ccc2cc(CN(CCN(C)C)C(=S)NC3CCCCC3)c(=O)[nH]c2c1. The number of nitrogens with zero attached hydrogens (tertiary/aromatic N) is 2. The molecule has 6 heteroatoms. The van der Waals surface area contributed by atoms with Crippen molar-refractivity contribution in [2.24, 2.45) is 0 Å². The van der Waals surface area contributed by atoms with Gasteiger partial charge in [0.1, 0.15) is 0 Å². The second-order valence-electron chi connectivity index (χ2n) is 8.22. The maximum Gasteiger partial charge on any atom is 0.253 e. The first-order chi connectivity index (χ1) is 13.4. The third kappa shape index (κ3) is 5.55. The van der Waals surface area contributed by atoms with Crippen molar-refractivity contribution in [3.8, 4) is 0 Å². The third-order valence-electron chi connectivity index (χ3n) is 5.48. The molecule has 1 aromatic carbocycles. The number of H-pyrrole nitrogens is 1. The van der Waals surface area contributed by atoms with Crippen LogP contribution in [-0.4, -0.2) is 53.1 Å². The van der Waals surface area contributed by atoms with Gasteiger partial charge in [-0.3, -0.25) is 4.79 Å². The van der Waals surface area contributed by atoms with Gasteiger partial charge in [0.25, 0.3) is 5.56 Å². The second-order valence-corrected chi connectivity index (χ2v) is 8.61. The average molecular weight is 401 g/mol. The molecule has 3 rings (SSSR count). The summed E-state index contributed by atoms with van der Waals surface area (Å²) in [5.74, 6) is 0. The Kier molecular flexibility index (Phi) is 7.08. The highest BCUT2D eigenvalue weighted by Crippen LogP contribution is 2.18. The minimum atomic E-state index is -0.0339. The molecule has 1 aromatic heterocycles. The van der Waals surface area contributed by atoms with E-state index in [2.05, 4.69) is 46.3 Å². The summed E-state index contributed by atoms with van der Waals surface area (Å²) in [4.78, 5) is 20.0. The van der Waals surface area contributed by atoms with Crippen LogP contribution in [0.2, 0.25) is 0 Å². The van der Waals surface area contributed by atoms with Gasteiger partial charge >= 0.3 is 0 Å². The molecule has 1 heterocycles. The fourth-order valence-corrected chi connectivity index (χ4v) is 4.09. The summed E-state index contributed by atoms with van der Waals surface area (Å²) in [6.45, 7) is 4.23. The third-order valence-corrected chi connectivity index (χ3v) is 5.85. The van der Waals surface area contributed by atoms with E-state index in [4.69, 9.17) is 12.2 Å². The summed E-state index contributed by atoms with van der Waals surface area (Å²) in [6, 6.07) is 8.61. The Morgan fingerprint density at radius 3 is 2.64 bits per heavy atom. The van der Waals surface area contributed by atoms with Gasteiger partial charge in [0, 0.05) is 30.2 Å². The number of hydrogen-bond donors (Lipinski definition) is 2. The first-order valence-corrected chi connectivity index (χ1v) is 10.7. The largest absolute Gasteiger partial charge is 0.360 e. The first kappa shape index (κ1) is 20.8. The van der Waals surface area contributed by atoms with E-state index >= 15 is 0 Å². The number of nitrogens with one attached hydrogen (secondary N) is 2. The van der Waals surface area contributed by atoms with Gasteiger partial charge in [0.15, 0.2) is 5.11 Å². The summed E-state index contributed by atoms with van der Waals surface area (Å²) in [5.41, 5.74) is 2.74. The Bertz CT molecular complexity index is 870. The van der Waals surface area contributed by atoms with Crippen LogP contribution in [0.3, 0.4) is 0 Å². The molecule has 0 bridgehead atoms. The maximum atomic E-state index is 12.7. The highest BCUT2D eigenvalue weighted by Gasteiger charge is 2.19. The number of fused-ring (bicyclic) bond motifs is 1. The van der Waals surface area contributed by atoms with E-state index in [0.29, 0.717) is 12.6 Å². The molecule has 5 nitrogen and oxygen atoms in total. The topological polar surface area (TPSA) is 51.4 Å². The first-order valence-electron chi connectivity index (χ1n) is 10.2. The maximum absolute atomic E-state index is 12.7. The van der Waals surface area contributed by atoms with Gasteiger partial charge in [0.05, 0.1) is 6.54 Å². The van der Waals surface area contributed by atoms with Crippen LogP contribution in [0.5, 0.6) is 0 Å². The number of rotatable bonds is 6. The molecule has 1 aliphatic carbocycles. The van der Waals surface area contributed by atoms with Crippen molar-refractivity contribution in [3.05, 3.63) is 45.7 Å². The molecule has 2 aromatic rings. The quantitative estimate of drug-likeness (QED) is 0.728. The molecule has 1 saturated carbocycles. The van der Waals surface area contributed by atoms with Crippen LogP contribution in [0.4, 0.5) is 0 Å². The zero-order valence-electron chi connectivity index (χ0n) is 17.3. The summed E-state index contributed by atoms with van der Waals surface area (Å²) >= 11 is 5.75. The van der Waals surface area contributed by atoms with Crippen molar-refractivity contribution in [1.29, 1.82) is 0 Å². The lowest BCUT2D eigenvalue weighted by atomic mass is 9.96. The highest BCUT2D eigenvalue weighted by molar-refractivity contribution is 7.80. The molecule has 0 radical (unpaired) electrons. The van der Waals surface area contributed by atoms with Crippen LogP contribution >= 0.6 is 12.2 Å². The number of thiocarbonyl (C=S) groups is 1. The number of benzene rings is 1. The van der Waals surface area contributed by atoms with E-state index in [1.807, 2.05) is 19.1 Å². The van der Waals surface area contributed by atoms with Gasteiger partial charge in [-0.15, -0.1) is 0 Å². The van der Waals surface area contributed by atoms with E-state index in [-0.39, 0.29) is 5.56 Å². The molecule has 2 N–H and O–H groups in total. The van der Waals surface area contributed by atoms with Gasteiger partial charge in [0.2, 0.25) is 0 Å². The molecule has 152 valence electrons. The summed E-state index contributed by atoms with van der Waals surface area (Å²) in [5, 5.41) is 5.37. The van der Waals surface area contributed by atoms with E-state index < -0.39 is 0 Å². The second kappa shape index (κ2) is 9.52. The molecular formula is C22H32N4OS. The van der Waals surface area contributed by atoms with E-state index in [1.165, 1.54) is 32.1 Å². The minimum absolute atomic E-state index is 0.0339. The molecule has 1 aliphatic rings. The molecule has 0 saturated heterocycles. The van der Waals surface area contributed by atoms with Crippen molar-refractivity contribution < 1.29 is 0 Å². The van der Waals surface area contributed by atoms with Crippen LogP contribution in [0.1, 0.15) is 43.2 Å². The Morgan fingerprint density at radius 2 is 1.93 bits per heavy atom. The predicted octanol–water partition coefficient (Wildman–Crippen LogP) is 3.41. The van der Waals surface area contributed by atoms with Gasteiger partial charge < -0.3 is 20.1 Å². The van der Waals surface area contributed by atoms with Crippen LogP contribution in [-0.2, 0) is 6.54 Å². The van der Waals surface area contributed by atoms with Crippen LogP contribution < -0.4 is 10.9 Å². The molecular weight excluding hydrogens is 368 g/mol. The molecule has 1 fully saturated rings. The number of hydrogen-bond acceptors (Lipinski definition) is 3. The summed E-state index contributed by atoms with van der Waals surface area (Å²) in [7, 11) is 4.11. The van der Waals surface area contributed by atoms with Crippen molar-refractivity contribution in [2.45, 2.75) is 51.6 Å². The minimum Gasteiger partial charge on any atom is -0.360 e. The fourth-order valence-electron chi connectivity index (χ4n) is 3.77. The normalized spacial score (nSPS) is 15.1. The standard InChI is InChI=1S/C22H32N4OS/c1-16-9-10-17-14-18(21(27)24-20(17)13-16)15-26(12-11-25(2)3)22(28)23-19-7-5-4-6-8-19/h9-10,13-14,19H,4-8,11-12,15H2,1-3H3,(H,23,28)(H,24,27). The van der Waals surface area contributed by atoms with Crippen LogP contribution in [0.25, 0.3) is 10.9 Å². The van der Waals surface area contributed by atoms with E-state index in [1.54, 1.807) is 0 Å². The lowest BCUT2D eigenvalue weighted by molar-refractivity contribution is 0.314. The van der Waals surface area contributed by atoms with Crippen LogP contribution in [0.15, 0.2) is 29.1 Å². The Labute approximate surface area is 173 Å². The van der Waals surface area contributed by atoms with Gasteiger partial charge in [-0.1, -0.05) is 31.4 Å². The molecule has 0 unspecified atom stereocenters. The van der Waals surface area contributed by atoms with Gasteiger partial charge in [-0.2, -0.15) is 0 Å². The van der Waals surface area contributed by atoms with Gasteiger partial charge in [-0.05, 0) is 69.2 Å². The summed E-state index contributed by atoms with van der Waals surface area (Å²) < 4.78 is 0. The molecule has 28 heavy (non-hydrogen) atoms. The number of aryl methyl sites for hydroxylation is 1. The van der Waals surface area contributed by atoms with Crippen LogP contribution in [0, 0.1) is 6.92 Å². The van der Waals surface area contributed by atoms with Crippen molar-refractivity contribution in [2.75, 3.05) is 27.2 Å². The number of pyridine rings is 1. The number of aromatic nitrogens is 1. The Balaban J connectivity index is 1.78. The van der Waals surface area contributed by atoms with Gasteiger partial charge in [-0.25, -0.2) is 0 Å². The lowest BCUT2D eigenvalue weighted by Crippen LogP contribution is -2.47. The highest BCUT2D eigenvalue weighted by atomic mass is 32.1. The summed E-state index contributed by atoms with van der Waals surface area (Å²) in [6.07, 6.45) is 6.21. The predicted molar refractivity (Wildman–Crippen MR) is 121 cm³/mol. The molecule has 0 spiro atoms. The van der Waals surface area contributed by atoms with E-state index in [9.17, 15) is 4.79 Å².